The number of nitrogens with one attached hydrogen (secondary N) is 2. The van der Waals surface area contributed by atoms with Gasteiger partial charge >= 0.3 is 0 Å². The Kier molecular flexibility index (Phi) is 5.20. The Labute approximate surface area is 125 Å². The van der Waals surface area contributed by atoms with Crippen molar-refractivity contribution >= 4 is 17.5 Å². The SMILES string of the molecule is CC(=O)N[C@H](C)C(=O)Nc1cccc(OC2CCCC2)c1. The Bertz CT molecular complexity index is 510. The van der Waals surface area contributed by atoms with E-state index in [1.165, 1.54) is 19.8 Å². The molecule has 0 heterocycles. The maximum Gasteiger partial charge on any atom is 0.246 e. The van der Waals surface area contributed by atoms with Gasteiger partial charge < -0.3 is 15.4 Å². The van der Waals surface area contributed by atoms with Gasteiger partial charge in [0.15, 0.2) is 0 Å². The van der Waals surface area contributed by atoms with Crippen LogP contribution in [0, 0.1) is 0 Å². The van der Waals surface area contributed by atoms with Gasteiger partial charge in [-0.05, 0) is 44.7 Å². The second kappa shape index (κ2) is 7.11. The number of amides is 2. The van der Waals surface area contributed by atoms with Crippen LogP contribution in [0.5, 0.6) is 5.75 Å². The molecule has 0 aliphatic heterocycles. The minimum Gasteiger partial charge on any atom is -0.490 e. The zero-order valence-electron chi connectivity index (χ0n) is 12.5. The van der Waals surface area contributed by atoms with Gasteiger partial charge in [-0.25, -0.2) is 0 Å². The van der Waals surface area contributed by atoms with Gasteiger partial charge in [-0.1, -0.05) is 6.07 Å². The summed E-state index contributed by atoms with van der Waals surface area (Å²) in [6, 6.07) is 6.80. The lowest BCUT2D eigenvalue weighted by molar-refractivity contribution is -0.124. The van der Waals surface area contributed by atoms with Crippen LogP contribution in [0.1, 0.15) is 39.5 Å². The first-order chi connectivity index (χ1) is 10.0. The van der Waals surface area contributed by atoms with Crippen molar-refractivity contribution in [2.24, 2.45) is 0 Å². The lowest BCUT2D eigenvalue weighted by Crippen LogP contribution is -2.40. The van der Waals surface area contributed by atoms with Crippen LogP contribution in [0.4, 0.5) is 5.69 Å². The number of benzene rings is 1. The standard InChI is InChI=1S/C16H22N2O3/c1-11(17-12(2)19)16(20)18-13-6-5-9-15(10-13)21-14-7-3-4-8-14/h5-6,9-11,14H,3-4,7-8H2,1-2H3,(H,17,19)(H,18,20)/t11-/m1/s1. The van der Waals surface area contributed by atoms with E-state index in [1.807, 2.05) is 18.2 Å². The first-order valence-electron chi connectivity index (χ1n) is 7.39. The summed E-state index contributed by atoms with van der Waals surface area (Å²) < 4.78 is 5.90. The molecule has 1 fully saturated rings. The largest absolute Gasteiger partial charge is 0.490 e. The van der Waals surface area contributed by atoms with Crippen LogP contribution in [0.3, 0.4) is 0 Å². The minimum atomic E-state index is -0.568. The highest BCUT2D eigenvalue weighted by Crippen LogP contribution is 2.25. The van der Waals surface area contributed by atoms with Gasteiger partial charge in [0.25, 0.3) is 0 Å². The van der Waals surface area contributed by atoms with Crippen LogP contribution >= 0.6 is 0 Å². The van der Waals surface area contributed by atoms with Crippen LogP contribution in [0.25, 0.3) is 0 Å². The summed E-state index contributed by atoms with van der Waals surface area (Å²) in [4.78, 5) is 22.9. The zero-order chi connectivity index (χ0) is 15.2. The summed E-state index contributed by atoms with van der Waals surface area (Å²) >= 11 is 0. The summed E-state index contributed by atoms with van der Waals surface area (Å²) in [5.74, 6) is 0.297. The Morgan fingerprint density at radius 2 is 2.00 bits per heavy atom. The van der Waals surface area contributed by atoms with Gasteiger partial charge in [0, 0.05) is 18.7 Å². The van der Waals surface area contributed by atoms with Crippen molar-refractivity contribution in [3.05, 3.63) is 24.3 Å². The smallest absolute Gasteiger partial charge is 0.246 e. The van der Waals surface area contributed by atoms with Gasteiger partial charge in [0.1, 0.15) is 11.8 Å². The summed E-state index contributed by atoms with van der Waals surface area (Å²) in [6.07, 6.45) is 4.91. The number of carbonyl (C=O) groups excluding carboxylic acids is 2. The molecule has 2 amide bonds. The average Bonchev–Trinajstić information content (AvgIpc) is 2.91. The Balaban J connectivity index is 1.93. The minimum absolute atomic E-state index is 0.226. The van der Waals surface area contributed by atoms with Crippen molar-refractivity contribution in [3.63, 3.8) is 0 Å². The van der Waals surface area contributed by atoms with E-state index in [2.05, 4.69) is 10.6 Å². The van der Waals surface area contributed by atoms with Crippen molar-refractivity contribution in [1.29, 1.82) is 0 Å². The normalized spacial score (nSPS) is 16.3. The fourth-order valence-corrected chi connectivity index (χ4v) is 2.47. The average molecular weight is 290 g/mol. The van der Waals surface area contributed by atoms with Gasteiger partial charge in [-0.2, -0.15) is 0 Å². The molecule has 1 aliphatic rings. The molecule has 2 N–H and O–H groups in total. The molecule has 0 bridgehead atoms. The van der Waals surface area contributed by atoms with Gasteiger partial charge in [0.05, 0.1) is 6.10 Å². The fraction of sp³-hybridized carbons (Fsp3) is 0.500. The number of rotatable bonds is 5. The van der Waals surface area contributed by atoms with E-state index in [-0.39, 0.29) is 17.9 Å². The van der Waals surface area contributed by atoms with E-state index in [0.29, 0.717) is 5.69 Å². The third-order valence-electron chi connectivity index (χ3n) is 3.52. The van der Waals surface area contributed by atoms with Gasteiger partial charge in [-0.3, -0.25) is 9.59 Å². The van der Waals surface area contributed by atoms with Crippen molar-refractivity contribution in [3.8, 4) is 5.75 Å². The molecule has 1 aromatic rings. The molecule has 0 radical (unpaired) electrons. The first kappa shape index (κ1) is 15.4. The molecule has 21 heavy (non-hydrogen) atoms. The molecule has 0 saturated heterocycles. The van der Waals surface area contributed by atoms with Crippen LogP contribution in [0.15, 0.2) is 24.3 Å². The highest BCUT2D eigenvalue weighted by molar-refractivity contribution is 5.96. The lowest BCUT2D eigenvalue weighted by atomic mass is 10.2. The number of anilines is 1. The van der Waals surface area contributed by atoms with Crippen molar-refractivity contribution in [2.45, 2.75) is 51.7 Å². The summed E-state index contributed by atoms with van der Waals surface area (Å²) in [5, 5.41) is 5.33. The first-order valence-corrected chi connectivity index (χ1v) is 7.39. The third-order valence-corrected chi connectivity index (χ3v) is 3.52. The molecular formula is C16H22N2O3. The number of hydrogen-bond donors (Lipinski definition) is 2. The predicted molar refractivity (Wildman–Crippen MR) is 81.2 cm³/mol. The van der Waals surface area contributed by atoms with E-state index in [9.17, 15) is 9.59 Å². The van der Waals surface area contributed by atoms with Gasteiger partial charge in [-0.15, -0.1) is 0 Å². The topological polar surface area (TPSA) is 67.4 Å². The van der Waals surface area contributed by atoms with Crippen LogP contribution in [0.2, 0.25) is 0 Å². The highest BCUT2D eigenvalue weighted by Gasteiger charge is 2.17. The number of ether oxygens (including phenoxy) is 1. The van der Waals surface area contributed by atoms with E-state index in [0.717, 1.165) is 18.6 Å². The second-order valence-corrected chi connectivity index (χ2v) is 5.46. The quantitative estimate of drug-likeness (QED) is 0.875. The van der Waals surface area contributed by atoms with E-state index < -0.39 is 6.04 Å². The molecule has 2 rings (SSSR count). The van der Waals surface area contributed by atoms with Crippen LogP contribution < -0.4 is 15.4 Å². The van der Waals surface area contributed by atoms with Crippen molar-refractivity contribution in [2.75, 3.05) is 5.32 Å². The Hall–Kier alpha value is -2.04. The zero-order valence-corrected chi connectivity index (χ0v) is 12.5. The summed E-state index contributed by atoms with van der Waals surface area (Å²) in [7, 11) is 0. The summed E-state index contributed by atoms with van der Waals surface area (Å²) in [6.45, 7) is 3.04. The number of carbonyl (C=O) groups is 2. The second-order valence-electron chi connectivity index (χ2n) is 5.46. The highest BCUT2D eigenvalue weighted by atomic mass is 16.5. The number of hydrogen-bond acceptors (Lipinski definition) is 3. The molecule has 5 nitrogen and oxygen atoms in total. The molecule has 114 valence electrons. The molecule has 1 atom stereocenters. The lowest BCUT2D eigenvalue weighted by Gasteiger charge is -2.15. The molecule has 0 aromatic heterocycles. The molecule has 0 spiro atoms. The van der Waals surface area contributed by atoms with Crippen LogP contribution in [-0.2, 0) is 9.59 Å². The van der Waals surface area contributed by atoms with Crippen LogP contribution in [-0.4, -0.2) is 24.0 Å². The molecule has 1 aliphatic carbocycles. The molecule has 1 aromatic carbocycles. The molecule has 0 unspecified atom stereocenters. The van der Waals surface area contributed by atoms with Crippen molar-refractivity contribution in [1.82, 2.24) is 5.32 Å². The Morgan fingerprint density at radius 1 is 1.29 bits per heavy atom. The van der Waals surface area contributed by atoms with Crippen molar-refractivity contribution < 1.29 is 14.3 Å². The Morgan fingerprint density at radius 3 is 2.67 bits per heavy atom. The monoisotopic (exact) mass is 290 g/mol. The van der Waals surface area contributed by atoms with E-state index in [1.54, 1.807) is 13.0 Å². The molecule has 1 saturated carbocycles. The summed E-state index contributed by atoms with van der Waals surface area (Å²) in [5.41, 5.74) is 0.674. The van der Waals surface area contributed by atoms with E-state index >= 15 is 0 Å². The predicted octanol–water partition coefficient (Wildman–Crippen LogP) is 2.47. The molecule has 5 heteroatoms. The third kappa shape index (κ3) is 4.77. The maximum absolute atomic E-state index is 11.9. The fourth-order valence-electron chi connectivity index (χ4n) is 2.47. The van der Waals surface area contributed by atoms with Gasteiger partial charge in [0.2, 0.25) is 11.8 Å². The van der Waals surface area contributed by atoms with E-state index in [4.69, 9.17) is 4.74 Å². The molecular weight excluding hydrogens is 268 g/mol. The maximum atomic E-state index is 11.9.